The third-order valence-corrected chi connectivity index (χ3v) is 5.63. The van der Waals surface area contributed by atoms with Gasteiger partial charge in [0.15, 0.2) is 5.96 Å². The molecule has 1 aliphatic heterocycles. The molecule has 1 unspecified atom stereocenters. The van der Waals surface area contributed by atoms with Crippen LogP contribution in [-0.4, -0.2) is 59.1 Å². The Morgan fingerprint density at radius 1 is 1.40 bits per heavy atom. The summed E-state index contributed by atoms with van der Waals surface area (Å²) in [5.74, 6) is 0.915. The first-order valence-corrected chi connectivity index (χ1v) is 10.9. The molecule has 9 heteroatoms. The van der Waals surface area contributed by atoms with Crippen LogP contribution in [0.1, 0.15) is 12.8 Å². The fraction of sp³-hybridized carbons (Fsp3) is 0.562. The molecule has 1 fully saturated rings. The maximum atomic E-state index is 11.1. The third kappa shape index (κ3) is 7.69. The summed E-state index contributed by atoms with van der Waals surface area (Å²) in [6.07, 6.45) is 2.87. The van der Waals surface area contributed by atoms with Crippen LogP contribution in [0.5, 0.6) is 0 Å². The van der Waals surface area contributed by atoms with Gasteiger partial charge in [0.2, 0.25) is 0 Å². The second-order valence-corrected chi connectivity index (χ2v) is 9.12. The Labute approximate surface area is 175 Å². The molecule has 1 aromatic rings. The van der Waals surface area contributed by atoms with E-state index in [1.165, 1.54) is 11.9 Å². The SMILES string of the molecule is CN=C(NCCCS(C)(=O)=O)NC1CCN(c2ccccc2Br)C1.I. The van der Waals surface area contributed by atoms with Crippen LogP contribution >= 0.6 is 39.9 Å². The van der Waals surface area contributed by atoms with E-state index >= 15 is 0 Å². The van der Waals surface area contributed by atoms with Crippen molar-refractivity contribution in [3.63, 3.8) is 0 Å². The minimum absolute atomic E-state index is 0. The summed E-state index contributed by atoms with van der Waals surface area (Å²) >= 11 is 3.60. The van der Waals surface area contributed by atoms with Crippen molar-refractivity contribution in [1.29, 1.82) is 0 Å². The summed E-state index contributed by atoms with van der Waals surface area (Å²) in [6, 6.07) is 8.55. The minimum atomic E-state index is -2.90. The average molecular weight is 545 g/mol. The highest BCUT2D eigenvalue weighted by molar-refractivity contribution is 14.0. The third-order valence-electron chi connectivity index (χ3n) is 3.93. The van der Waals surface area contributed by atoms with Gasteiger partial charge < -0.3 is 15.5 Å². The van der Waals surface area contributed by atoms with Crippen molar-refractivity contribution in [3.05, 3.63) is 28.7 Å². The molecule has 1 aliphatic rings. The highest BCUT2D eigenvalue weighted by Gasteiger charge is 2.24. The van der Waals surface area contributed by atoms with E-state index in [1.54, 1.807) is 7.05 Å². The highest BCUT2D eigenvalue weighted by atomic mass is 127. The zero-order valence-corrected chi connectivity index (χ0v) is 19.3. The van der Waals surface area contributed by atoms with E-state index in [0.717, 1.165) is 29.9 Å². The van der Waals surface area contributed by atoms with E-state index in [1.807, 2.05) is 12.1 Å². The molecule has 25 heavy (non-hydrogen) atoms. The maximum Gasteiger partial charge on any atom is 0.191 e. The number of halogens is 2. The fourth-order valence-electron chi connectivity index (χ4n) is 2.73. The van der Waals surface area contributed by atoms with Gasteiger partial charge in [-0.2, -0.15) is 0 Å². The first kappa shape index (κ1) is 22.5. The molecule has 0 saturated carbocycles. The molecule has 1 heterocycles. The van der Waals surface area contributed by atoms with Crippen molar-refractivity contribution in [3.8, 4) is 0 Å². The van der Waals surface area contributed by atoms with Gasteiger partial charge in [-0.15, -0.1) is 24.0 Å². The van der Waals surface area contributed by atoms with Gasteiger partial charge in [0.25, 0.3) is 0 Å². The van der Waals surface area contributed by atoms with E-state index in [0.29, 0.717) is 19.0 Å². The van der Waals surface area contributed by atoms with Crippen LogP contribution in [0.4, 0.5) is 5.69 Å². The van der Waals surface area contributed by atoms with Crippen LogP contribution in [-0.2, 0) is 9.84 Å². The largest absolute Gasteiger partial charge is 0.368 e. The number of rotatable bonds is 6. The van der Waals surface area contributed by atoms with E-state index in [9.17, 15) is 8.42 Å². The molecule has 0 amide bonds. The number of sulfone groups is 1. The summed E-state index contributed by atoms with van der Waals surface area (Å²) in [4.78, 5) is 6.56. The first-order valence-electron chi connectivity index (χ1n) is 8.03. The molecule has 0 spiro atoms. The second-order valence-electron chi connectivity index (χ2n) is 6.01. The topological polar surface area (TPSA) is 73.8 Å². The quantitative estimate of drug-likeness (QED) is 0.249. The number of benzene rings is 1. The lowest BCUT2D eigenvalue weighted by Gasteiger charge is -2.21. The molecule has 0 radical (unpaired) electrons. The van der Waals surface area contributed by atoms with E-state index in [2.05, 4.69) is 48.6 Å². The second kappa shape index (κ2) is 10.6. The predicted molar refractivity (Wildman–Crippen MR) is 119 cm³/mol. The Balaban J connectivity index is 0.00000312. The van der Waals surface area contributed by atoms with Gasteiger partial charge in [0, 0.05) is 43.5 Å². The highest BCUT2D eigenvalue weighted by Crippen LogP contribution is 2.28. The van der Waals surface area contributed by atoms with Gasteiger partial charge in [-0.3, -0.25) is 4.99 Å². The van der Waals surface area contributed by atoms with E-state index in [-0.39, 0.29) is 29.7 Å². The molecular weight excluding hydrogens is 519 g/mol. The number of aliphatic imine (C=N–C) groups is 1. The number of guanidine groups is 1. The summed E-state index contributed by atoms with van der Waals surface area (Å²) in [6.45, 7) is 2.49. The van der Waals surface area contributed by atoms with E-state index in [4.69, 9.17) is 0 Å². The fourth-order valence-corrected chi connectivity index (χ4v) is 3.94. The van der Waals surface area contributed by atoms with Gasteiger partial charge in [-0.05, 0) is 40.9 Å². The number of nitrogens with one attached hydrogen (secondary N) is 2. The molecule has 1 saturated heterocycles. The molecule has 2 N–H and O–H groups in total. The lowest BCUT2D eigenvalue weighted by atomic mass is 10.3. The Kier molecular flexibility index (Phi) is 9.50. The van der Waals surface area contributed by atoms with Gasteiger partial charge in [-0.1, -0.05) is 12.1 Å². The van der Waals surface area contributed by atoms with Crippen LogP contribution in [0.3, 0.4) is 0 Å². The van der Waals surface area contributed by atoms with Crippen molar-refractivity contribution in [2.45, 2.75) is 18.9 Å². The summed E-state index contributed by atoms with van der Waals surface area (Å²) in [5.41, 5.74) is 1.21. The Morgan fingerprint density at radius 2 is 2.12 bits per heavy atom. The zero-order chi connectivity index (χ0) is 17.6. The van der Waals surface area contributed by atoms with Crippen molar-refractivity contribution < 1.29 is 8.42 Å². The Morgan fingerprint density at radius 3 is 2.76 bits per heavy atom. The van der Waals surface area contributed by atoms with Crippen molar-refractivity contribution in [1.82, 2.24) is 10.6 Å². The van der Waals surface area contributed by atoms with Crippen molar-refractivity contribution in [2.75, 3.05) is 43.6 Å². The standard InChI is InChI=1S/C16H25BrN4O2S.HI/c1-18-16(19-9-5-11-24(2,22)23)20-13-8-10-21(12-13)15-7-4-3-6-14(15)17;/h3-4,6-7,13H,5,8-12H2,1-2H3,(H2,18,19,20);1H. The Hall–Kier alpha value is -0.550. The molecule has 6 nitrogen and oxygen atoms in total. The molecule has 2 rings (SSSR count). The minimum Gasteiger partial charge on any atom is -0.368 e. The Bertz CT molecular complexity index is 684. The van der Waals surface area contributed by atoms with Gasteiger partial charge in [0.1, 0.15) is 9.84 Å². The maximum absolute atomic E-state index is 11.1. The molecular formula is C16H26BrIN4O2S. The van der Waals surface area contributed by atoms with Crippen LogP contribution in [0, 0.1) is 0 Å². The van der Waals surface area contributed by atoms with Crippen LogP contribution in [0.2, 0.25) is 0 Å². The smallest absolute Gasteiger partial charge is 0.191 e. The average Bonchev–Trinajstić information content (AvgIpc) is 2.98. The first-order chi connectivity index (χ1) is 11.4. The van der Waals surface area contributed by atoms with Gasteiger partial charge in [-0.25, -0.2) is 8.42 Å². The normalized spacial score (nSPS) is 18.0. The van der Waals surface area contributed by atoms with Gasteiger partial charge in [0.05, 0.1) is 11.4 Å². The van der Waals surface area contributed by atoms with Crippen LogP contribution in [0.15, 0.2) is 33.7 Å². The number of hydrogen-bond donors (Lipinski definition) is 2. The summed E-state index contributed by atoms with van der Waals surface area (Å²) < 4.78 is 23.4. The van der Waals surface area contributed by atoms with Gasteiger partial charge >= 0.3 is 0 Å². The number of anilines is 1. The van der Waals surface area contributed by atoms with Crippen LogP contribution in [0.25, 0.3) is 0 Å². The molecule has 0 bridgehead atoms. The molecule has 0 aromatic heterocycles. The lowest BCUT2D eigenvalue weighted by Crippen LogP contribution is -2.45. The van der Waals surface area contributed by atoms with Crippen molar-refractivity contribution >= 4 is 61.4 Å². The number of para-hydroxylation sites is 1. The predicted octanol–water partition coefficient (Wildman–Crippen LogP) is 2.25. The molecule has 1 aromatic carbocycles. The van der Waals surface area contributed by atoms with Crippen LogP contribution < -0.4 is 15.5 Å². The lowest BCUT2D eigenvalue weighted by molar-refractivity contribution is 0.597. The zero-order valence-electron chi connectivity index (χ0n) is 14.5. The number of hydrogen-bond acceptors (Lipinski definition) is 4. The monoisotopic (exact) mass is 544 g/mol. The summed E-state index contributed by atoms with van der Waals surface area (Å²) in [7, 11) is -1.18. The molecule has 142 valence electrons. The van der Waals surface area contributed by atoms with Crippen molar-refractivity contribution in [2.24, 2.45) is 4.99 Å². The molecule has 1 atom stereocenters. The summed E-state index contributed by atoms with van der Waals surface area (Å²) in [5, 5.41) is 6.60. The number of nitrogens with zero attached hydrogens (tertiary/aromatic N) is 2. The van der Waals surface area contributed by atoms with E-state index < -0.39 is 9.84 Å². The molecule has 0 aliphatic carbocycles.